The zero-order chi connectivity index (χ0) is 13.5. The summed E-state index contributed by atoms with van der Waals surface area (Å²) in [6.45, 7) is 1.02. The van der Waals surface area contributed by atoms with Gasteiger partial charge >= 0.3 is 0 Å². The summed E-state index contributed by atoms with van der Waals surface area (Å²) in [6, 6.07) is 4.59. The minimum absolute atomic E-state index is 0.0856. The van der Waals surface area contributed by atoms with E-state index in [0.717, 1.165) is 12.8 Å². The van der Waals surface area contributed by atoms with Crippen molar-refractivity contribution in [3.8, 4) is 11.5 Å². The molecule has 0 radical (unpaired) electrons. The van der Waals surface area contributed by atoms with E-state index in [1.807, 2.05) is 0 Å². The Morgan fingerprint density at radius 2 is 2.05 bits per heavy atom. The number of hydrogen-bond donors (Lipinski definition) is 1. The zero-order valence-corrected chi connectivity index (χ0v) is 11.2. The molecule has 19 heavy (non-hydrogen) atoms. The number of piperidine rings is 1. The van der Waals surface area contributed by atoms with Gasteiger partial charge in [-0.25, -0.2) is 8.42 Å². The quantitative estimate of drug-likeness (QED) is 0.856. The van der Waals surface area contributed by atoms with Gasteiger partial charge < -0.3 is 15.2 Å². The second kappa shape index (κ2) is 4.66. The summed E-state index contributed by atoms with van der Waals surface area (Å²) in [5.74, 6) is 1.05. The number of benzene rings is 1. The third-order valence-electron chi connectivity index (χ3n) is 3.40. The topological polar surface area (TPSA) is 81.9 Å². The average molecular weight is 284 g/mol. The maximum atomic E-state index is 12.5. The van der Waals surface area contributed by atoms with Crippen molar-refractivity contribution in [3.05, 3.63) is 18.2 Å². The van der Waals surface area contributed by atoms with Crippen molar-refractivity contribution in [1.29, 1.82) is 0 Å². The van der Waals surface area contributed by atoms with Crippen molar-refractivity contribution in [2.75, 3.05) is 19.9 Å². The van der Waals surface area contributed by atoms with Gasteiger partial charge in [0.05, 0.1) is 4.90 Å². The third kappa shape index (κ3) is 2.29. The summed E-state index contributed by atoms with van der Waals surface area (Å²) in [4.78, 5) is 0.228. The molecule has 2 aliphatic heterocycles. The lowest BCUT2D eigenvalue weighted by molar-refractivity contribution is 0.174. The highest BCUT2D eigenvalue weighted by atomic mass is 32.2. The Bertz CT molecular complexity index is 587. The van der Waals surface area contributed by atoms with Gasteiger partial charge in [-0.15, -0.1) is 0 Å². The molecule has 0 amide bonds. The minimum Gasteiger partial charge on any atom is -0.454 e. The first-order valence-electron chi connectivity index (χ1n) is 6.23. The van der Waals surface area contributed by atoms with Crippen LogP contribution in [0.5, 0.6) is 11.5 Å². The molecule has 1 fully saturated rings. The Labute approximate surface area is 112 Å². The van der Waals surface area contributed by atoms with Gasteiger partial charge in [-0.05, 0) is 25.0 Å². The maximum absolute atomic E-state index is 12.5. The molecule has 2 aliphatic rings. The first-order valence-corrected chi connectivity index (χ1v) is 7.67. The number of hydrogen-bond acceptors (Lipinski definition) is 5. The van der Waals surface area contributed by atoms with Crippen molar-refractivity contribution in [3.63, 3.8) is 0 Å². The van der Waals surface area contributed by atoms with Crippen molar-refractivity contribution in [2.24, 2.45) is 5.73 Å². The lowest BCUT2D eigenvalue weighted by Crippen LogP contribution is -2.45. The van der Waals surface area contributed by atoms with Crippen LogP contribution in [0, 0.1) is 0 Å². The minimum atomic E-state index is -3.50. The van der Waals surface area contributed by atoms with Crippen molar-refractivity contribution < 1.29 is 17.9 Å². The number of fused-ring (bicyclic) bond motifs is 1. The fraction of sp³-hybridized carbons (Fsp3) is 0.500. The zero-order valence-electron chi connectivity index (χ0n) is 10.4. The van der Waals surface area contributed by atoms with Crippen LogP contribution in [0.4, 0.5) is 0 Å². The first kappa shape index (κ1) is 12.7. The van der Waals surface area contributed by atoms with Gasteiger partial charge in [-0.3, -0.25) is 0 Å². The van der Waals surface area contributed by atoms with E-state index in [1.54, 1.807) is 12.1 Å². The first-order chi connectivity index (χ1) is 9.07. The van der Waals surface area contributed by atoms with Crippen LogP contribution in [0.3, 0.4) is 0 Å². The molecular formula is C12H16N2O4S. The monoisotopic (exact) mass is 284 g/mol. The summed E-state index contributed by atoms with van der Waals surface area (Å²) in [6.07, 6.45) is 1.66. The smallest absolute Gasteiger partial charge is 0.243 e. The Morgan fingerprint density at radius 1 is 1.26 bits per heavy atom. The molecule has 1 aromatic rings. The van der Waals surface area contributed by atoms with Crippen LogP contribution in [0.1, 0.15) is 12.8 Å². The predicted octanol–water partition coefficient (Wildman–Crippen LogP) is 0.527. The van der Waals surface area contributed by atoms with Gasteiger partial charge in [-0.1, -0.05) is 0 Å². The summed E-state index contributed by atoms with van der Waals surface area (Å²) in [5.41, 5.74) is 5.84. The van der Waals surface area contributed by atoms with Crippen molar-refractivity contribution in [2.45, 2.75) is 23.8 Å². The van der Waals surface area contributed by atoms with Gasteiger partial charge in [0.15, 0.2) is 11.5 Å². The number of nitrogens with two attached hydrogens (primary N) is 1. The molecule has 3 rings (SSSR count). The highest BCUT2D eigenvalue weighted by molar-refractivity contribution is 7.89. The molecule has 0 unspecified atom stereocenters. The molecule has 2 heterocycles. The molecule has 0 bridgehead atoms. The average Bonchev–Trinajstić information content (AvgIpc) is 2.85. The lowest BCUT2D eigenvalue weighted by atomic mass is 10.1. The molecule has 7 heteroatoms. The Kier molecular flexibility index (Phi) is 3.12. The van der Waals surface area contributed by atoms with E-state index in [4.69, 9.17) is 15.2 Å². The summed E-state index contributed by atoms with van der Waals surface area (Å²) in [7, 11) is -3.50. The van der Waals surface area contributed by atoms with E-state index in [0.29, 0.717) is 24.6 Å². The van der Waals surface area contributed by atoms with Gasteiger partial charge in [-0.2, -0.15) is 4.31 Å². The molecule has 6 nitrogen and oxygen atoms in total. The van der Waals surface area contributed by atoms with Gasteiger partial charge in [0, 0.05) is 25.2 Å². The molecule has 0 aliphatic carbocycles. The van der Waals surface area contributed by atoms with Crippen LogP contribution < -0.4 is 15.2 Å². The molecular weight excluding hydrogens is 268 g/mol. The van der Waals surface area contributed by atoms with Crippen molar-refractivity contribution >= 4 is 10.0 Å². The number of rotatable bonds is 2. The fourth-order valence-corrected chi connectivity index (χ4v) is 3.93. The van der Waals surface area contributed by atoms with Crippen molar-refractivity contribution in [1.82, 2.24) is 4.31 Å². The highest BCUT2D eigenvalue weighted by Gasteiger charge is 2.30. The second-order valence-corrected chi connectivity index (χ2v) is 6.72. The number of ether oxygens (including phenoxy) is 2. The van der Waals surface area contributed by atoms with Crippen LogP contribution in [0.25, 0.3) is 0 Å². The fourth-order valence-electron chi connectivity index (χ4n) is 2.38. The van der Waals surface area contributed by atoms with E-state index in [1.165, 1.54) is 10.4 Å². The van der Waals surface area contributed by atoms with E-state index in [9.17, 15) is 8.42 Å². The van der Waals surface area contributed by atoms with Crippen LogP contribution >= 0.6 is 0 Å². The summed E-state index contributed by atoms with van der Waals surface area (Å²) < 4.78 is 36.8. The predicted molar refractivity (Wildman–Crippen MR) is 68.5 cm³/mol. The summed E-state index contributed by atoms with van der Waals surface area (Å²) >= 11 is 0. The SMILES string of the molecule is N[C@H]1CCCN(S(=O)(=O)c2ccc3c(c2)OCO3)C1. The Morgan fingerprint density at radius 3 is 2.84 bits per heavy atom. The maximum Gasteiger partial charge on any atom is 0.243 e. The lowest BCUT2D eigenvalue weighted by Gasteiger charge is -2.29. The largest absolute Gasteiger partial charge is 0.454 e. The third-order valence-corrected chi connectivity index (χ3v) is 5.26. The standard InChI is InChI=1S/C12H16N2O4S/c13-9-2-1-5-14(7-9)19(15,16)10-3-4-11-12(6-10)18-8-17-11/h3-4,6,9H,1-2,5,7-8,13H2/t9-/m0/s1. The molecule has 1 saturated heterocycles. The van der Waals surface area contributed by atoms with E-state index < -0.39 is 10.0 Å². The Balaban J connectivity index is 1.91. The molecule has 2 N–H and O–H groups in total. The molecule has 0 saturated carbocycles. The molecule has 104 valence electrons. The number of sulfonamides is 1. The molecule has 1 aromatic carbocycles. The molecule has 1 atom stereocenters. The summed E-state index contributed by atoms with van der Waals surface area (Å²) in [5, 5.41) is 0. The molecule has 0 aromatic heterocycles. The highest BCUT2D eigenvalue weighted by Crippen LogP contribution is 2.34. The second-order valence-electron chi connectivity index (χ2n) is 4.78. The number of nitrogens with zero attached hydrogens (tertiary/aromatic N) is 1. The van der Waals surface area contributed by atoms with Crippen LogP contribution in [-0.2, 0) is 10.0 Å². The van der Waals surface area contributed by atoms with E-state index >= 15 is 0 Å². The van der Waals surface area contributed by atoms with Crippen LogP contribution in [-0.4, -0.2) is 38.6 Å². The van der Waals surface area contributed by atoms with Gasteiger partial charge in [0.25, 0.3) is 0 Å². The van der Waals surface area contributed by atoms with E-state index in [-0.39, 0.29) is 17.7 Å². The Hall–Kier alpha value is -1.31. The van der Waals surface area contributed by atoms with Gasteiger partial charge in [0.2, 0.25) is 16.8 Å². The van der Waals surface area contributed by atoms with Gasteiger partial charge in [0.1, 0.15) is 0 Å². The van der Waals surface area contributed by atoms with Crippen LogP contribution in [0.2, 0.25) is 0 Å². The van der Waals surface area contributed by atoms with Crippen LogP contribution in [0.15, 0.2) is 23.1 Å². The molecule has 0 spiro atoms. The normalized spacial score (nSPS) is 23.5. The van der Waals surface area contributed by atoms with E-state index in [2.05, 4.69) is 0 Å².